The van der Waals surface area contributed by atoms with Crippen molar-refractivity contribution in [2.24, 2.45) is 0 Å². The number of amides is 1. The quantitative estimate of drug-likeness (QED) is 0.686. The van der Waals surface area contributed by atoms with Crippen LogP contribution in [0.4, 0.5) is 5.69 Å². The summed E-state index contributed by atoms with van der Waals surface area (Å²) >= 11 is 0. The van der Waals surface area contributed by atoms with Crippen LogP contribution >= 0.6 is 0 Å². The lowest BCUT2D eigenvalue weighted by Crippen LogP contribution is -2.50. The fraction of sp³-hybridized carbons (Fsp3) is 0.667. The summed E-state index contributed by atoms with van der Waals surface area (Å²) in [5, 5.41) is 0. The van der Waals surface area contributed by atoms with E-state index in [1.54, 1.807) is 0 Å². The Bertz CT molecular complexity index is 706. The average molecular weight is 398 g/mol. The topological polar surface area (TPSA) is 43.9 Å². The number of piperazine rings is 1. The second kappa shape index (κ2) is 9.86. The molecule has 0 atom stereocenters. The predicted octanol–water partition coefficient (Wildman–Crippen LogP) is 3.73. The molecule has 1 amide bonds. The number of carbonyl (C=O) groups is 2. The highest BCUT2D eigenvalue weighted by molar-refractivity contribution is 6.09. The summed E-state index contributed by atoms with van der Waals surface area (Å²) in [6, 6.07) is 8.42. The van der Waals surface area contributed by atoms with Gasteiger partial charge >= 0.3 is 0 Å². The number of rotatable bonds is 6. The number of para-hydroxylation sites is 1. The minimum atomic E-state index is 0.0874. The second-order valence-corrected chi connectivity index (χ2v) is 8.86. The number of hydrogen-bond acceptors (Lipinski definition) is 4. The third kappa shape index (κ3) is 5.07. The van der Waals surface area contributed by atoms with Crippen molar-refractivity contribution in [3.8, 4) is 0 Å². The number of fused-ring (bicyclic) bond motifs is 1. The third-order valence-electron chi connectivity index (χ3n) is 6.97. The molecule has 158 valence electrons. The molecular weight excluding hydrogens is 362 g/mol. The summed E-state index contributed by atoms with van der Waals surface area (Å²) in [5.74, 6) is 0.177. The molecule has 0 aromatic heterocycles. The number of ketones is 1. The van der Waals surface area contributed by atoms with E-state index in [0.29, 0.717) is 24.9 Å². The summed E-state index contributed by atoms with van der Waals surface area (Å²) < 4.78 is 0. The van der Waals surface area contributed by atoms with Crippen LogP contribution in [0.1, 0.15) is 68.1 Å². The molecule has 0 spiro atoms. The van der Waals surface area contributed by atoms with Gasteiger partial charge in [-0.3, -0.25) is 14.5 Å². The molecule has 4 rings (SSSR count). The maximum atomic E-state index is 12.6. The Morgan fingerprint density at radius 2 is 1.55 bits per heavy atom. The van der Waals surface area contributed by atoms with Crippen LogP contribution in [0.2, 0.25) is 0 Å². The van der Waals surface area contributed by atoms with Gasteiger partial charge in [-0.1, -0.05) is 31.4 Å². The SMILES string of the molecule is O=C1CCC(=O)N(CCCCN2CCN(C3CCCCC3)CC2)c2ccccc21. The van der Waals surface area contributed by atoms with Gasteiger partial charge in [-0.05, 0) is 44.4 Å². The highest BCUT2D eigenvalue weighted by Gasteiger charge is 2.27. The number of hydrogen-bond donors (Lipinski definition) is 0. The van der Waals surface area contributed by atoms with Crippen LogP contribution in [0.5, 0.6) is 0 Å². The van der Waals surface area contributed by atoms with E-state index in [1.165, 1.54) is 58.3 Å². The number of Topliss-reactive ketones (excluding diaryl/α,β-unsaturated/α-hetero) is 1. The minimum absolute atomic E-state index is 0.0874. The minimum Gasteiger partial charge on any atom is -0.312 e. The van der Waals surface area contributed by atoms with Crippen LogP contribution in [0.15, 0.2) is 24.3 Å². The third-order valence-corrected chi connectivity index (χ3v) is 6.97. The Labute approximate surface area is 175 Å². The number of unbranched alkanes of at least 4 members (excludes halogenated alkanes) is 1. The van der Waals surface area contributed by atoms with Crippen molar-refractivity contribution in [1.82, 2.24) is 9.80 Å². The first-order valence-corrected chi connectivity index (χ1v) is 11.6. The molecule has 0 radical (unpaired) electrons. The van der Waals surface area contributed by atoms with Gasteiger partial charge in [0.15, 0.2) is 5.78 Å². The molecule has 2 aliphatic heterocycles. The van der Waals surface area contributed by atoms with Crippen molar-refractivity contribution in [2.45, 2.75) is 63.8 Å². The van der Waals surface area contributed by atoms with Gasteiger partial charge < -0.3 is 9.80 Å². The molecule has 0 unspecified atom stereocenters. The average Bonchev–Trinajstić information content (AvgIpc) is 2.89. The summed E-state index contributed by atoms with van der Waals surface area (Å²) in [7, 11) is 0. The normalized spacial score (nSPS) is 22.6. The first kappa shape index (κ1) is 20.5. The summed E-state index contributed by atoms with van der Waals surface area (Å²) in [4.78, 5) is 32.0. The van der Waals surface area contributed by atoms with Crippen LogP contribution in [-0.2, 0) is 4.79 Å². The predicted molar refractivity (Wildman–Crippen MR) is 116 cm³/mol. The van der Waals surface area contributed by atoms with E-state index >= 15 is 0 Å². The molecule has 29 heavy (non-hydrogen) atoms. The number of nitrogens with zero attached hydrogens (tertiary/aromatic N) is 3. The van der Waals surface area contributed by atoms with Gasteiger partial charge in [0.05, 0.1) is 5.69 Å². The highest BCUT2D eigenvalue weighted by atomic mass is 16.2. The maximum absolute atomic E-state index is 12.6. The van der Waals surface area contributed by atoms with E-state index in [1.807, 2.05) is 29.2 Å². The van der Waals surface area contributed by atoms with Gasteiger partial charge in [-0.15, -0.1) is 0 Å². The van der Waals surface area contributed by atoms with Crippen LogP contribution in [0.25, 0.3) is 0 Å². The highest BCUT2D eigenvalue weighted by Crippen LogP contribution is 2.27. The van der Waals surface area contributed by atoms with Crippen molar-refractivity contribution in [3.05, 3.63) is 29.8 Å². The Balaban J connectivity index is 1.22. The zero-order chi connectivity index (χ0) is 20.1. The zero-order valence-corrected chi connectivity index (χ0v) is 17.7. The molecule has 1 saturated carbocycles. The lowest BCUT2D eigenvalue weighted by Gasteiger charge is -2.40. The lowest BCUT2D eigenvalue weighted by atomic mass is 9.94. The van der Waals surface area contributed by atoms with Crippen molar-refractivity contribution in [3.63, 3.8) is 0 Å². The smallest absolute Gasteiger partial charge is 0.227 e. The van der Waals surface area contributed by atoms with E-state index < -0.39 is 0 Å². The Morgan fingerprint density at radius 1 is 0.828 bits per heavy atom. The standard InChI is InChI=1S/C24H35N3O2/c28-23-12-13-24(29)27(22-11-5-4-10-21(22)23)15-7-6-14-25-16-18-26(19-17-25)20-8-2-1-3-9-20/h4-5,10-11,20H,1-3,6-9,12-19H2. The Hall–Kier alpha value is -1.72. The van der Waals surface area contributed by atoms with E-state index in [9.17, 15) is 9.59 Å². The summed E-state index contributed by atoms with van der Waals surface area (Å²) in [5.41, 5.74) is 1.51. The van der Waals surface area contributed by atoms with Crippen molar-refractivity contribution in [1.29, 1.82) is 0 Å². The van der Waals surface area contributed by atoms with E-state index in [4.69, 9.17) is 0 Å². The van der Waals surface area contributed by atoms with Gasteiger partial charge in [0.1, 0.15) is 0 Å². The number of benzene rings is 1. The van der Waals surface area contributed by atoms with Crippen molar-refractivity contribution in [2.75, 3.05) is 44.2 Å². The second-order valence-electron chi connectivity index (χ2n) is 8.86. The maximum Gasteiger partial charge on any atom is 0.227 e. The molecule has 1 aliphatic carbocycles. The van der Waals surface area contributed by atoms with Crippen molar-refractivity contribution < 1.29 is 9.59 Å². The molecule has 0 N–H and O–H groups in total. The largest absolute Gasteiger partial charge is 0.312 e. The van der Waals surface area contributed by atoms with Crippen molar-refractivity contribution >= 4 is 17.4 Å². The van der Waals surface area contributed by atoms with Gasteiger partial charge in [0.2, 0.25) is 5.91 Å². The zero-order valence-electron chi connectivity index (χ0n) is 17.7. The summed E-state index contributed by atoms with van der Waals surface area (Å²) in [6.45, 7) is 6.61. The van der Waals surface area contributed by atoms with Crippen LogP contribution in [0, 0.1) is 0 Å². The monoisotopic (exact) mass is 397 g/mol. The molecule has 0 bridgehead atoms. The molecule has 1 aromatic carbocycles. The van der Waals surface area contributed by atoms with Crippen LogP contribution < -0.4 is 4.90 Å². The van der Waals surface area contributed by atoms with E-state index in [0.717, 1.165) is 31.1 Å². The lowest BCUT2D eigenvalue weighted by molar-refractivity contribution is -0.118. The Morgan fingerprint density at radius 3 is 2.34 bits per heavy atom. The van der Waals surface area contributed by atoms with Crippen LogP contribution in [0.3, 0.4) is 0 Å². The van der Waals surface area contributed by atoms with Gasteiger partial charge in [0.25, 0.3) is 0 Å². The molecule has 2 fully saturated rings. The fourth-order valence-electron chi connectivity index (χ4n) is 5.22. The van der Waals surface area contributed by atoms with E-state index in [-0.39, 0.29) is 11.7 Å². The van der Waals surface area contributed by atoms with Gasteiger partial charge in [-0.25, -0.2) is 0 Å². The first-order valence-electron chi connectivity index (χ1n) is 11.6. The number of anilines is 1. The molecule has 5 heteroatoms. The molecule has 2 heterocycles. The van der Waals surface area contributed by atoms with Crippen LogP contribution in [-0.4, -0.2) is 66.8 Å². The van der Waals surface area contributed by atoms with Gasteiger partial charge in [0, 0.05) is 57.2 Å². The molecule has 5 nitrogen and oxygen atoms in total. The molecule has 3 aliphatic rings. The molecule has 1 saturated heterocycles. The number of carbonyl (C=O) groups excluding carboxylic acids is 2. The first-order chi connectivity index (χ1) is 14.2. The van der Waals surface area contributed by atoms with E-state index in [2.05, 4.69) is 9.80 Å². The van der Waals surface area contributed by atoms with Gasteiger partial charge in [-0.2, -0.15) is 0 Å². The summed E-state index contributed by atoms with van der Waals surface area (Å²) in [6.07, 6.45) is 9.79. The molecule has 1 aromatic rings. The Kier molecular flexibility index (Phi) is 6.98. The fourth-order valence-corrected chi connectivity index (χ4v) is 5.22. The molecular formula is C24H35N3O2.